The van der Waals surface area contributed by atoms with Crippen molar-refractivity contribution in [2.45, 2.75) is 6.42 Å². The number of amides is 2. The standard InChI is InChI=1S/C22H27ClN6O2.HI/c1-24-22(27-9-8-26-21(31)18-5-3-7-25-16-18)29-12-10-28(11-13-29)20(30)15-17-4-2-6-19(23)14-17;/h2-7,14,16H,8-13,15H2,1H3,(H,24,27)(H,26,31);1H. The first-order chi connectivity index (χ1) is 15.1. The molecule has 0 unspecified atom stereocenters. The molecule has 0 aliphatic carbocycles. The van der Waals surface area contributed by atoms with Crippen molar-refractivity contribution in [3.63, 3.8) is 0 Å². The van der Waals surface area contributed by atoms with Crippen molar-refractivity contribution in [3.8, 4) is 0 Å². The summed E-state index contributed by atoms with van der Waals surface area (Å²) >= 11 is 6.01. The maximum atomic E-state index is 12.6. The van der Waals surface area contributed by atoms with Crippen LogP contribution in [-0.4, -0.2) is 78.9 Å². The van der Waals surface area contributed by atoms with Gasteiger partial charge < -0.3 is 20.4 Å². The van der Waals surface area contributed by atoms with E-state index in [4.69, 9.17) is 11.6 Å². The minimum Gasteiger partial charge on any atom is -0.354 e. The van der Waals surface area contributed by atoms with E-state index in [-0.39, 0.29) is 35.8 Å². The topological polar surface area (TPSA) is 89.9 Å². The van der Waals surface area contributed by atoms with Gasteiger partial charge in [-0.05, 0) is 29.8 Å². The Balaban J connectivity index is 0.00000363. The Kier molecular flexibility index (Phi) is 10.7. The zero-order valence-electron chi connectivity index (χ0n) is 18.0. The first-order valence-corrected chi connectivity index (χ1v) is 10.6. The number of aliphatic imine (C=N–C) groups is 1. The van der Waals surface area contributed by atoms with Crippen LogP contribution in [0.4, 0.5) is 0 Å². The van der Waals surface area contributed by atoms with Gasteiger partial charge in [0, 0.05) is 63.7 Å². The summed E-state index contributed by atoms with van der Waals surface area (Å²) in [5, 5.41) is 6.76. The van der Waals surface area contributed by atoms with E-state index in [1.807, 2.05) is 23.1 Å². The second-order valence-corrected chi connectivity index (χ2v) is 7.58. The lowest BCUT2D eigenvalue weighted by atomic mass is 10.1. The second-order valence-electron chi connectivity index (χ2n) is 7.15. The van der Waals surface area contributed by atoms with Crippen LogP contribution in [0.5, 0.6) is 0 Å². The van der Waals surface area contributed by atoms with Crippen LogP contribution >= 0.6 is 35.6 Å². The Bertz CT molecular complexity index is 920. The Labute approximate surface area is 210 Å². The number of hydrogen-bond donors (Lipinski definition) is 2. The van der Waals surface area contributed by atoms with Crippen molar-refractivity contribution in [2.75, 3.05) is 46.3 Å². The van der Waals surface area contributed by atoms with E-state index in [9.17, 15) is 9.59 Å². The summed E-state index contributed by atoms with van der Waals surface area (Å²) in [5.41, 5.74) is 1.45. The number of rotatable bonds is 6. The lowest BCUT2D eigenvalue weighted by Gasteiger charge is -2.36. The number of carbonyl (C=O) groups is 2. The number of pyridine rings is 1. The van der Waals surface area contributed by atoms with Crippen molar-refractivity contribution in [2.24, 2.45) is 4.99 Å². The lowest BCUT2D eigenvalue weighted by molar-refractivity contribution is -0.131. The largest absolute Gasteiger partial charge is 0.354 e. The van der Waals surface area contributed by atoms with Gasteiger partial charge in [-0.1, -0.05) is 23.7 Å². The van der Waals surface area contributed by atoms with Gasteiger partial charge in [-0.25, -0.2) is 0 Å². The molecule has 2 N–H and O–H groups in total. The van der Waals surface area contributed by atoms with E-state index in [1.54, 1.807) is 31.4 Å². The van der Waals surface area contributed by atoms with Crippen molar-refractivity contribution >= 4 is 53.4 Å². The van der Waals surface area contributed by atoms with E-state index in [0.29, 0.717) is 56.3 Å². The molecule has 0 saturated carbocycles. The molecule has 1 aliphatic heterocycles. The van der Waals surface area contributed by atoms with Crippen molar-refractivity contribution in [3.05, 3.63) is 64.9 Å². The summed E-state index contributed by atoms with van der Waals surface area (Å²) in [5.74, 6) is 0.706. The molecule has 32 heavy (non-hydrogen) atoms. The highest BCUT2D eigenvalue weighted by atomic mass is 127. The molecule has 0 radical (unpaired) electrons. The SMILES string of the molecule is CN=C(NCCNC(=O)c1cccnc1)N1CCN(C(=O)Cc2cccc(Cl)c2)CC1.I. The first-order valence-electron chi connectivity index (χ1n) is 10.2. The third-order valence-electron chi connectivity index (χ3n) is 5.01. The van der Waals surface area contributed by atoms with E-state index >= 15 is 0 Å². The number of halogens is 2. The summed E-state index contributed by atoms with van der Waals surface area (Å²) in [6.07, 6.45) is 3.52. The molecule has 1 aromatic carbocycles. The van der Waals surface area contributed by atoms with Crippen LogP contribution in [0.1, 0.15) is 15.9 Å². The molecule has 1 aliphatic rings. The van der Waals surface area contributed by atoms with Gasteiger partial charge in [0.1, 0.15) is 0 Å². The fourth-order valence-corrected chi connectivity index (χ4v) is 3.60. The molecule has 0 atom stereocenters. The average molecular weight is 571 g/mol. The Morgan fingerprint density at radius 3 is 2.44 bits per heavy atom. The maximum absolute atomic E-state index is 12.6. The predicted molar refractivity (Wildman–Crippen MR) is 137 cm³/mol. The molecule has 1 fully saturated rings. The van der Waals surface area contributed by atoms with Gasteiger partial charge >= 0.3 is 0 Å². The van der Waals surface area contributed by atoms with Crippen molar-refractivity contribution < 1.29 is 9.59 Å². The predicted octanol–water partition coefficient (Wildman–Crippen LogP) is 2.05. The number of nitrogens with zero attached hydrogens (tertiary/aromatic N) is 4. The highest BCUT2D eigenvalue weighted by molar-refractivity contribution is 14.0. The van der Waals surface area contributed by atoms with Crippen LogP contribution < -0.4 is 10.6 Å². The first kappa shape index (κ1) is 25.9. The van der Waals surface area contributed by atoms with E-state index in [2.05, 4.69) is 25.5 Å². The monoisotopic (exact) mass is 570 g/mol. The van der Waals surface area contributed by atoms with Crippen LogP contribution in [0.15, 0.2) is 53.8 Å². The van der Waals surface area contributed by atoms with Crippen LogP contribution in [0.3, 0.4) is 0 Å². The minimum absolute atomic E-state index is 0. The number of nitrogens with one attached hydrogen (secondary N) is 2. The summed E-state index contributed by atoms with van der Waals surface area (Å²) in [7, 11) is 1.73. The molecule has 1 saturated heterocycles. The third-order valence-corrected chi connectivity index (χ3v) is 5.24. The molecule has 2 amide bonds. The number of guanidine groups is 1. The van der Waals surface area contributed by atoms with E-state index in [0.717, 1.165) is 11.5 Å². The Morgan fingerprint density at radius 2 is 1.78 bits per heavy atom. The summed E-state index contributed by atoms with van der Waals surface area (Å²) in [6.45, 7) is 3.68. The number of carbonyl (C=O) groups excluding carboxylic acids is 2. The molecular formula is C22H28ClIN6O2. The van der Waals surface area contributed by atoms with Gasteiger partial charge in [-0.15, -0.1) is 24.0 Å². The summed E-state index contributed by atoms with van der Waals surface area (Å²) in [6, 6.07) is 10.9. The minimum atomic E-state index is -0.156. The second kappa shape index (κ2) is 13.2. The van der Waals surface area contributed by atoms with Crippen LogP contribution in [0, 0.1) is 0 Å². The number of benzene rings is 1. The van der Waals surface area contributed by atoms with Crippen molar-refractivity contribution in [1.29, 1.82) is 0 Å². The van der Waals surface area contributed by atoms with Gasteiger partial charge in [-0.3, -0.25) is 19.6 Å². The highest BCUT2D eigenvalue weighted by Gasteiger charge is 2.23. The Hall–Kier alpha value is -2.40. The molecule has 0 spiro atoms. The lowest BCUT2D eigenvalue weighted by Crippen LogP contribution is -2.54. The summed E-state index contributed by atoms with van der Waals surface area (Å²) < 4.78 is 0. The normalized spacial score (nSPS) is 13.9. The van der Waals surface area contributed by atoms with Crippen LogP contribution in [-0.2, 0) is 11.2 Å². The van der Waals surface area contributed by atoms with Crippen molar-refractivity contribution in [1.82, 2.24) is 25.4 Å². The van der Waals surface area contributed by atoms with Crippen LogP contribution in [0.25, 0.3) is 0 Å². The van der Waals surface area contributed by atoms with Gasteiger partial charge in [0.2, 0.25) is 5.91 Å². The number of piperazine rings is 1. The van der Waals surface area contributed by atoms with Gasteiger partial charge in [-0.2, -0.15) is 0 Å². The molecular weight excluding hydrogens is 543 g/mol. The van der Waals surface area contributed by atoms with Gasteiger partial charge in [0.25, 0.3) is 5.91 Å². The molecule has 0 bridgehead atoms. The molecule has 3 rings (SSSR count). The molecule has 10 heteroatoms. The Morgan fingerprint density at radius 1 is 1.06 bits per heavy atom. The molecule has 172 valence electrons. The van der Waals surface area contributed by atoms with E-state index < -0.39 is 0 Å². The third kappa shape index (κ3) is 7.63. The zero-order chi connectivity index (χ0) is 22.1. The average Bonchev–Trinajstić information content (AvgIpc) is 2.80. The van der Waals surface area contributed by atoms with Crippen LogP contribution in [0.2, 0.25) is 5.02 Å². The molecule has 2 heterocycles. The molecule has 8 nitrogen and oxygen atoms in total. The highest BCUT2D eigenvalue weighted by Crippen LogP contribution is 2.13. The quantitative estimate of drug-likeness (QED) is 0.240. The van der Waals surface area contributed by atoms with Gasteiger partial charge in [0.15, 0.2) is 5.96 Å². The number of aromatic nitrogens is 1. The smallest absolute Gasteiger partial charge is 0.252 e. The van der Waals surface area contributed by atoms with Gasteiger partial charge in [0.05, 0.1) is 12.0 Å². The fourth-order valence-electron chi connectivity index (χ4n) is 3.38. The van der Waals surface area contributed by atoms with E-state index in [1.165, 1.54) is 6.20 Å². The summed E-state index contributed by atoms with van der Waals surface area (Å²) in [4.78, 5) is 36.9. The molecule has 2 aromatic rings. The number of hydrogen-bond acceptors (Lipinski definition) is 4. The zero-order valence-corrected chi connectivity index (χ0v) is 21.0. The molecule has 1 aromatic heterocycles. The fraction of sp³-hybridized carbons (Fsp3) is 0.364. The maximum Gasteiger partial charge on any atom is 0.252 e.